The van der Waals surface area contributed by atoms with E-state index in [9.17, 15) is 28.1 Å². The zero-order valence-corrected chi connectivity index (χ0v) is 12.7. The lowest BCUT2D eigenvalue weighted by atomic mass is 9.85. The van der Waals surface area contributed by atoms with Gasteiger partial charge in [0.1, 0.15) is 5.75 Å². The van der Waals surface area contributed by atoms with E-state index >= 15 is 0 Å². The third-order valence-corrected chi connectivity index (χ3v) is 3.92. The third kappa shape index (κ3) is 5.10. The van der Waals surface area contributed by atoms with Gasteiger partial charge in [-0.15, -0.1) is 0 Å². The molecule has 2 atom stereocenters. The first-order valence-corrected chi connectivity index (χ1v) is 7.49. The summed E-state index contributed by atoms with van der Waals surface area (Å²) in [6.45, 7) is -0.356. The van der Waals surface area contributed by atoms with Crippen LogP contribution in [0.2, 0.25) is 0 Å². The number of nitrogens with zero attached hydrogens (tertiary/aromatic N) is 1. The van der Waals surface area contributed by atoms with E-state index in [1.165, 1.54) is 24.3 Å². The SMILES string of the molecule is O=C(COc1ccc([N+](=O)[O-])cc1)NC1CCCC(C(F)(F)F)C1. The molecule has 1 amide bonds. The molecule has 132 valence electrons. The van der Waals surface area contributed by atoms with Crippen LogP contribution in [0.15, 0.2) is 24.3 Å². The zero-order valence-electron chi connectivity index (χ0n) is 12.7. The molecule has 0 aromatic heterocycles. The quantitative estimate of drug-likeness (QED) is 0.656. The molecule has 0 spiro atoms. The van der Waals surface area contributed by atoms with E-state index in [1.54, 1.807) is 0 Å². The van der Waals surface area contributed by atoms with Crippen LogP contribution in [0.1, 0.15) is 25.7 Å². The van der Waals surface area contributed by atoms with Crippen molar-refractivity contribution in [2.45, 2.75) is 37.9 Å². The first-order valence-electron chi connectivity index (χ1n) is 7.49. The van der Waals surface area contributed by atoms with Gasteiger partial charge in [-0.3, -0.25) is 14.9 Å². The van der Waals surface area contributed by atoms with Crippen molar-refractivity contribution in [2.75, 3.05) is 6.61 Å². The van der Waals surface area contributed by atoms with E-state index in [0.717, 1.165) is 0 Å². The molecule has 1 aromatic rings. The summed E-state index contributed by atoms with van der Waals surface area (Å²) in [6, 6.07) is 4.67. The van der Waals surface area contributed by atoms with E-state index in [1.807, 2.05) is 0 Å². The fourth-order valence-corrected chi connectivity index (χ4v) is 2.70. The highest BCUT2D eigenvalue weighted by Crippen LogP contribution is 2.37. The molecular formula is C15H17F3N2O4. The lowest BCUT2D eigenvalue weighted by molar-refractivity contribution is -0.384. The molecule has 0 aliphatic heterocycles. The molecule has 24 heavy (non-hydrogen) atoms. The van der Waals surface area contributed by atoms with E-state index in [4.69, 9.17) is 4.74 Å². The van der Waals surface area contributed by atoms with Gasteiger partial charge in [0.25, 0.3) is 11.6 Å². The van der Waals surface area contributed by atoms with Crippen LogP contribution in [-0.2, 0) is 4.79 Å². The lowest BCUT2D eigenvalue weighted by Gasteiger charge is -2.30. The maximum absolute atomic E-state index is 12.7. The summed E-state index contributed by atoms with van der Waals surface area (Å²) in [5.74, 6) is -1.62. The van der Waals surface area contributed by atoms with Crippen LogP contribution in [0.5, 0.6) is 5.75 Å². The molecule has 1 fully saturated rings. The van der Waals surface area contributed by atoms with E-state index < -0.39 is 29.0 Å². The molecule has 0 bridgehead atoms. The summed E-state index contributed by atoms with van der Waals surface area (Å²) in [7, 11) is 0. The van der Waals surface area contributed by atoms with Crippen LogP contribution in [0, 0.1) is 16.0 Å². The first-order chi connectivity index (χ1) is 11.3. The Labute approximate surface area is 136 Å². The van der Waals surface area contributed by atoms with Gasteiger partial charge in [-0.2, -0.15) is 13.2 Å². The summed E-state index contributed by atoms with van der Waals surface area (Å²) in [4.78, 5) is 21.7. The van der Waals surface area contributed by atoms with Crippen molar-refractivity contribution in [2.24, 2.45) is 5.92 Å². The number of benzene rings is 1. The Morgan fingerprint density at radius 3 is 2.54 bits per heavy atom. The summed E-state index contributed by atoms with van der Waals surface area (Å²) in [5.41, 5.74) is -0.104. The Kier molecular flexibility index (Phi) is 5.63. The number of hydrogen-bond donors (Lipinski definition) is 1. The van der Waals surface area contributed by atoms with Crippen molar-refractivity contribution < 1.29 is 27.6 Å². The molecule has 1 aromatic carbocycles. The van der Waals surface area contributed by atoms with Crippen LogP contribution in [0.4, 0.5) is 18.9 Å². The number of nitrogens with one attached hydrogen (secondary N) is 1. The number of alkyl halides is 3. The maximum atomic E-state index is 12.7. The minimum Gasteiger partial charge on any atom is -0.484 e. The molecule has 2 rings (SSSR count). The maximum Gasteiger partial charge on any atom is 0.391 e. The lowest BCUT2D eigenvalue weighted by Crippen LogP contribution is -2.43. The zero-order chi connectivity index (χ0) is 17.7. The van der Waals surface area contributed by atoms with Gasteiger partial charge in [-0.25, -0.2) is 0 Å². The van der Waals surface area contributed by atoms with Crippen molar-refractivity contribution in [3.8, 4) is 5.75 Å². The third-order valence-electron chi connectivity index (χ3n) is 3.92. The predicted octanol–water partition coefficient (Wildman–Crippen LogP) is 3.21. The van der Waals surface area contributed by atoms with Gasteiger partial charge in [-0.05, 0) is 31.4 Å². The second-order valence-corrected chi connectivity index (χ2v) is 5.71. The number of halogens is 3. The molecule has 1 aliphatic carbocycles. The first kappa shape index (κ1) is 18.0. The fraction of sp³-hybridized carbons (Fsp3) is 0.533. The van der Waals surface area contributed by atoms with Gasteiger partial charge >= 0.3 is 6.18 Å². The van der Waals surface area contributed by atoms with E-state index in [-0.39, 0.29) is 30.9 Å². The van der Waals surface area contributed by atoms with E-state index in [0.29, 0.717) is 12.8 Å². The summed E-state index contributed by atoms with van der Waals surface area (Å²) < 4.78 is 43.4. The molecule has 1 saturated carbocycles. The Bertz CT molecular complexity index is 589. The number of non-ortho nitro benzene ring substituents is 1. The number of carbonyl (C=O) groups excluding carboxylic acids is 1. The molecule has 6 nitrogen and oxygen atoms in total. The number of carbonyl (C=O) groups is 1. The fourth-order valence-electron chi connectivity index (χ4n) is 2.70. The van der Waals surface area contributed by atoms with Gasteiger partial charge in [0, 0.05) is 18.2 Å². The van der Waals surface area contributed by atoms with Crippen molar-refractivity contribution in [3.05, 3.63) is 34.4 Å². The topological polar surface area (TPSA) is 81.5 Å². The number of amides is 1. The molecular weight excluding hydrogens is 329 g/mol. The Morgan fingerprint density at radius 1 is 1.29 bits per heavy atom. The number of nitro benzene ring substituents is 1. The molecule has 2 unspecified atom stereocenters. The van der Waals surface area contributed by atoms with Crippen molar-refractivity contribution in [1.29, 1.82) is 0 Å². The summed E-state index contributed by atoms with van der Waals surface area (Å²) in [6.07, 6.45) is -3.34. The number of hydrogen-bond acceptors (Lipinski definition) is 4. The second-order valence-electron chi connectivity index (χ2n) is 5.71. The van der Waals surface area contributed by atoms with Crippen molar-refractivity contribution >= 4 is 11.6 Å². The highest BCUT2D eigenvalue weighted by atomic mass is 19.4. The number of nitro groups is 1. The minimum atomic E-state index is -4.24. The molecule has 0 saturated heterocycles. The van der Waals surface area contributed by atoms with E-state index in [2.05, 4.69) is 5.32 Å². The molecule has 9 heteroatoms. The standard InChI is InChI=1S/C15H17F3N2O4/c16-15(17,18)10-2-1-3-11(8-10)19-14(21)9-24-13-6-4-12(5-7-13)20(22)23/h4-7,10-11H,1-3,8-9H2,(H,19,21). The Hall–Kier alpha value is -2.32. The number of ether oxygens (including phenoxy) is 1. The largest absolute Gasteiger partial charge is 0.484 e. The second kappa shape index (κ2) is 7.50. The van der Waals surface area contributed by atoms with Crippen molar-refractivity contribution in [3.63, 3.8) is 0 Å². The minimum absolute atomic E-state index is 0.0924. The number of rotatable bonds is 5. The van der Waals surface area contributed by atoms with Crippen LogP contribution in [0.25, 0.3) is 0 Å². The van der Waals surface area contributed by atoms with Gasteiger partial charge in [-0.1, -0.05) is 6.42 Å². The summed E-state index contributed by atoms with van der Waals surface area (Å²) in [5, 5.41) is 13.1. The van der Waals surface area contributed by atoms with Crippen LogP contribution >= 0.6 is 0 Å². The molecule has 0 heterocycles. The summed E-state index contributed by atoms with van der Waals surface area (Å²) >= 11 is 0. The monoisotopic (exact) mass is 346 g/mol. The van der Waals surface area contributed by atoms with Crippen molar-refractivity contribution in [1.82, 2.24) is 5.32 Å². The molecule has 1 N–H and O–H groups in total. The average molecular weight is 346 g/mol. The smallest absolute Gasteiger partial charge is 0.391 e. The average Bonchev–Trinajstić information content (AvgIpc) is 2.53. The Balaban J connectivity index is 1.79. The van der Waals surface area contributed by atoms with Gasteiger partial charge < -0.3 is 10.1 Å². The molecule has 0 radical (unpaired) electrons. The normalized spacial score (nSPS) is 21.1. The Morgan fingerprint density at radius 2 is 1.96 bits per heavy atom. The predicted molar refractivity (Wildman–Crippen MR) is 78.5 cm³/mol. The highest BCUT2D eigenvalue weighted by Gasteiger charge is 2.42. The van der Waals surface area contributed by atoms with Crippen LogP contribution < -0.4 is 10.1 Å². The van der Waals surface area contributed by atoms with Gasteiger partial charge in [0.2, 0.25) is 0 Å². The molecule has 1 aliphatic rings. The van der Waals surface area contributed by atoms with Crippen LogP contribution in [-0.4, -0.2) is 29.7 Å². The highest BCUT2D eigenvalue weighted by molar-refractivity contribution is 5.77. The van der Waals surface area contributed by atoms with Gasteiger partial charge in [0.15, 0.2) is 6.61 Å². The van der Waals surface area contributed by atoms with Crippen LogP contribution in [0.3, 0.4) is 0 Å². The van der Waals surface area contributed by atoms with Gasteiger partial charge in [0.05, 0.1) is 10.8 Å².